The fourth-order valence-electron chi connectivity index (χ4n) is 1.62. The van der Waals surface area contributed by atoms with E-state index < -0.39 is 0 Å². The highest BCUT2D eigenvalue weighted by molar-refractivity contribution is 4.64. The summed E-state index contributed by atoms with van der Waals surface area (Å²) < 4.78 is 5.06. The summed E-state index contributed by atoms with van der Waals surface area (Å²) in [5.74, 6) is 0. The maximum Gasteiger partial charge on any atom is 0.0626 e. The molecule has 3 heteroatoms. The Morgan fingerprint density at radius 2 is 2.00 bits per heavy atom. The van der Waals surface area contributed by atoms with E-state index in [0.717, 1.165) is 6.61 Å². The molecule has 1 aliphatic rings. The Hall–Kier alpha value is -0.120. The second-order valence-corrected chi connectivity index (χ2v) is 3.53. The maximum atomic E-state index is 5.06. The van der Waals surface area contributed by atoms with Crippen molar-refractivity contribution in [1.82, 2.24) is 10.4 Å². The van der Waals surface area contributed by atoms with Crippen molar-refractivity contribution in [2.24, 2.45) is 0 Å². The number of hydrogen-bond donors (Lipinski definition) is 1. The molecule has 1 rings (SSSR count). The molecule has 72 valence electrons. The summed E-state index contributed by atoms with van der Waals surface area (Å²) in [6.45, 7) is 5.32. The molecule has 1 N–H and O–H groups in total. The topological polar surface area (TPSA) is 24.5 Å². The normalized spacial score (nSPS) is 22.5. The van der Waals surface area contributed by atoms with Gasteiger partial charge in [0, 0.05) is 26.2 Å². The minimum Gasteiger partial charge on any atom is -0.383 e. The van der Waals surface area contributed by atoms with Gasteiger partial charge in [-0.1, -0.05) is 6.42 Å². The summed E-state index contributed by atoms with van der Waals surface area (Å²) in [4.78, 5) is 0. The molecule has 3 nitrogen and oxygen atoms in total. The molecule has 1 fully saturated rings. The van der Waals surface area contributed by atoms with E-state index in [1.54, 1.807) is 7.11 Å². The quantitative estimate of drug-likeness (QED) is 0.685. The van der Waals surface area contributed by atoms with E-state index in [-0.39, 0.29) is 0 Å². The first kappa shape index (κ1) is 9.96. The molecule has 0 amide bonds. The Balaban J connectivity index is 2.11. The van der Waals surface area contributed by atoms with Crippen LogP contribution < -0.4 is 5.43 Å². The average Bonchev–Trinajstić information content (AvgIpc) is 2.06. The Kier molecular flexibility index (Phi) is 4.58. The molecule has 1 heterocycles. The van der Waals surface area contributed by atoms with E-state index in [4.69, 9.17) is 4.74 Å². The van der Waals surface area contributed by atoms with E-state index in [1.807, 2.05) is 0 Å². The lowest BCUT2D eigenvalue weighted by Crippen LogP contribution is -2.47. The number of hydrazine groups is 1. The third-order valence-electron chi connectivity index (χ3n) is 2.18. The summed E-state index contributed by atoms with van der Waals surface area (Å²) in [5.41, 5.74) is 3.43. The van der Waals surface area contributed by atoms with Gasteiger partial charge in [0.15, 0.2) is 0 Å². The van der Waals surface area contributed by atoms with Crippen molar-refractivity contribution in [3.05, 3.63) is 0 Å². The van der Waals surface area contributed by atoms with Gasteiger partial charge in [-0.05, 0) is 19.8 Å². The van der Waals surface area contributed by atoms with Gasteiger partial charge in [0.25, 0.3) is 0 Å². The molecular formula is C9H20N2O. The zero-order chi connectivity index (χ0) is 8.81. The number of hydrogen-bond acceptors (Lipinski definition) is 3. The van der Waals surface area contributed by atoms with Crippen LogP contribution in [0.1, 0.15) is 26.2 Å². The summed E-state index contributed by atoms with van der Waals surface area (Å²) in [5, 5.41) is 2.31. The highest BCUT2D eigenvalue weighted by atomic mass is 16.5. The Labute approximate surface area is 75.0 Å². The third-order valence-corrected chi connectivity index (χ3v) is 2.18. The standard InChI is InChI=1S/C9H20N2O/c1-9(8-12-2)10-11-6-4-3-5-7-11/h9-10H,3-8H2,1-2H3. The van der Waals surface area contributed by atoms with Gasteiger partial charge in [0.1, 0.15) is 0 Å². The maximum absolute atomic E-state index is 5.06. The van der Waals surface area contributed by atoms with Crippen molar-refractivity contribution in [3.8, 4) is 0 Å². The molecule has 0 aromatic carbocycles. The predicted octanol–water partition coefficient (Wildman–Crippen LogP) is 1.01. The molecule has 0 aromatic heterocycles. The highest BCUT2D eigenvalue weighted by Crippen LogP contribution is 2.06. The minimum atomic E-state index is 0.438. The Bertz CT molecular complexity index is 113. The molecule has 1 saturated heterocycles. The van der Waals surface area contributed by atoms with Gasteiger partial charge in [0.05, 0.1) is 6.61 Å². The minimum absolute atomic E-state index is 0.438. The molecule has 0 bridgehead atoms. The first-order chi connectivity index (χ1) is 5.83. The lowest BCUT2D eigenvalue weighted by atomic mass is 10.2. The van der Waals surface area contributed by atoms with Gasteiger partial charge in [0.2, 0.25) is 0 Å². The Morgan fingerprint density at radius 3 is 2.58 bits per heavy atom. The van der Waals surface area contributed by atoms with Crippen LogP contribution in [0.25, 0.3) is 0 Å². The van der Waals surface area contributed by atoms with Crippen molar-refractivity contribution >= 4 is 0 Å². The van der Waals surface area contributed by atoms with Crippen LogP contribution in [0.15, 0.2) is 0 Å². The van der Waals surface area contributed by atoms with Crippen LogP contribution in [-0.2, 0) is 4.74 Å². The fourth-order valence-corrected chi connectivity index (χ4v) is 1.62. The van der Waals surface area contributed by atoms with Gasteiger partial charge in [-0.15, -0.1) is 0 Å². The smallest absolute Gasteiger partial charge is 0.0626 e. The monoisotopic (exact) mass is 172 g/mol. The van der Waals surface area contributed by atoms with Crippen LogP contribution in [-0.4, -0.2) is 37.9 Å². The van der Waals surface area contributed by atoms with Crippen LogP contribution in [0.2, 0.25) is 0 Å². The van der Waals surface area contributed by atoms with Gasteiger partial charge < -0.3 is 4.74 Å². The van der Waals surface area contributed by atoms with Crippen molar-refractivity contribution in [2.45, 2.75) is 32.2 Å². The molecule has 0 spiro atoms. The molecule has 0 saturated carbocycles. The SMILES string of the molecule is COCC(C)NN1CCCCC1. The summed E-state index contributed by atoms with van der Waals surface area (Å²) >= 11 is 0. The molecule has 12 heavy (non-hydrogen) atoms. The van der Waals surface area contributed by atoms with Crippen LogP contribution in [0.3, 0.4) is 0 Å². The van der Waals surface area contributed by atoms with Crippen LogP contribution >= 0.6 is 0 Å². The number of ether oxygens (including phenoxy) is 1. The number of nitrogens with zero attached hydrogens (tertiary/aromatic N) is 1. The van der Waals surface area contributed by atoms with Gasteiger partial charge in [-0.25, -0.2) is 5.01 Å². The number of nitrogens with one attached hydrogen (secondary N) is 1. The molecule has 0 radical (unpaired) electrons. The number of methoxy groups -OCH3 is 1. The molecule has 1 unspecified atom stereocenters. The molecule has 0 aliphatic carbocycles. The Morgan fingerprint density at radius 1 is 1.33 bits per heavy atom. The zero-order valence-corrected chi connectivity index (χ0v) is 8.18. The van der Waals surface area contributed by atoms with E-state index in [1.165, 1.54) is 32.4 Å². The number of piperidine rings is 1. The van der Waals surface area contributed by atoms with Crippen LogP contribution in [0.4, 0.5) is 0 Å². The van der Waals surface area contributed by atoms with E-state index in [0.29, 0.717) is 6.04 Å². The second-order valence-electron chi connectivity index (χ2n) is 3.53. The van der Waals surface area contributed by atoms with E-state index in [9.17, 15) is 0 Å². The molecule has 1 aliphatic heterocycles. The largest absolute Gasteiger partial charge is 0.383 e. The van der Waals surface area contributed by atoms with Crippen molar-refractivity contribution in [2.75, 3.05) is 26.8 Å². The summed E-state index contributed by atoms with van der Waals surface area (Å²) in [7, 11) is 1.74. The molecular weight excluding hydrogens is 152 g/mol. The molecule has 1 atom stereocenters. The third kappa shape index (κ3) is 3.52. The lowest BCUT2D eigenvalue weighted by molar-refractivity contribution is 0.0895. The van der Waals surface area contributed by atoms with E-state index >= 15 is 0 Å². The second kappa shape index (κ2) is 5.51. The average molecular weight is 172 g/mol. The summed E-state index contributed by atoms with van der Waals surface area (Å²) in [6, 6.07) is 0.438. The van der Waals surface area contributed by atoms with Gasteiger partial charge >= 0.3 is 0 Å². The lowest BCUT2D eigenvalue weighted by Gasteiger charge is -2.29. The van der Waals surface area contributed by atoms with E-state index in [2.05, 4.69) is 17.4 Å². The van der Waals surface area contributed by atoms with Gasteiger partial charge in [-0.2, -0.15) is 0 Å². The zero-order valence-electron chi connectivity index (χ0n) is 8.18. The van der Waals surface area contributed by atoms with Crippen molar-refractivity contribution in [3.63, 3.8) is 0 Å². The summed E-state index contributed by atoms with van der Waals surface area (Å²) in [6.07, 6.45) is 4.04. The first-order valence-corrected chi connectivity index (χ1v) is 4.83. The fraction of sp³-hybridized carbons (Fsp3) is 1.00. The van der Waals surface area contributed by atoms with Crippen LogP contribution in [0, 0.1) is 0 Å². The van der Waals surface area contributed by atoms with Crippen molar-refractivity contribution in [1.29, 1.82) is 0 Å². The van der Waals surface area contributed by atoms with Gasteiger partial charge in [-0.3, -0.25) is 5.43 Å². The van der Waals surface area contributed by atoms with Crippen LogP contribution in [0.5, 0.6) is 0 Å². The number of rotatable bonds is 4. The first-order valence-electron chi connectivity index (χ1n) is 4.83. The predicted molar refractivity (Wildman–Crippen MR) is 49.9 cm³/mol. The highest BCUT2D eigenvalue weighted by Gasteiger charge is 2.11. The molecule has 0 aromatic rings. The van der Waals surface area contributed by atoms with Crippen molar-refractivity contribution < 1.29 is 4.74 Å².